The third-order valence-corrected chi connectivity index (χ3v) is 4.75. The van der Waals surface area contributed by atoms with Gasteiger partial charge in [0.05, 0.1) is 16.8 Å². The number of hydrogen-bond acceptors (Lipinski definition) is 6. The number of hydrogen-bond donors (Lipinski definition) is 1. The molecule has 3 rings (SSSR count). The van der Waals surface area contributed by atoms with E-state index in [0.29, 0.717) is 27.6 Å². The summed E-state index contributed by atoms with van der Waals surface area (Å²) in [5.74, 6) is 1.46. The van der Waals surface area contributed by atoms with E-state index in [1.54, 1.807) is 12.1 Å². The number of ether oxygens (including phenoxy) is 2. The van der Waals surface area contributed by atoms with Gasteiger partial charge in [-0.25, -0.2) is 4.98 Å². The van der Waals surface area contributed by atoms with E-state index < -0.39 is 0 Å². The van der Waals surface area contributed by atoms with Crippen LogP contribution in [0, 0.1) is 11.3 Å². The molecule has 0 saturated heterocycles. The van der Waals surface area contributed by atoms with Crippen molar-refractivity contribution in [3.8, 4) is 17.6 Å². The molecule has 1 atom stereocenters. The molecule has 24 heavy (non-hydrogen) atoms. The summed E-state index contributed by atoms with van der Waals surface area (Å²) in [6.45, 7) is 4.16. The van der Waals surface area contributed by atoms with E-state index in [4.69, 9.17) is 9.47 Å². The zero-order valence-corrected chi connectivity index (χ0v) is 14.3. The zero-order chi connectivity index (χ0) is 17.1. The fraction of sp³-hybridized carbons (Fsp3) is 0.353. The van der Waals surface area contributed by atoms with Crippen molar-refractivity contribution in [2.75, 3.05) is 12.5 Å². The maximum Gasteiger partial charge on any atom is 0.231 e. The molecule has 1 aromatic heterocycles. The lowest BCUT2D eigenvalue weighted by atomic mass is 10.1. The number of amides is 1. The van der Waals surface area contributed by atoms with E-state index in [0.717, 1.165) is 11.8 Å². The third kappa shape index (κ3) is 3.39. The van der Waals surface area contributed by atoms with Crippen LogP contribution in [0.1, 0.15) is 25.8 Å². The van der Waals surface area contributed by atoms with Crippen molar-refractivity contribution in [3.63, 3.8) is 0 Å². The van der Waals surface area contributed by atoms with Crippen molar-refractivity contribution in [1.29, 1.82) is 5.26 Å². The molecule has 0 radical (unpaired) electrons. The Labute approximate surface area is 144 Å². The lowest BCUT2D eigenvalue weighted by Crippen LogP contribution is -2.33. The third-order valence-electron chi connectivity index (χ3n) is 3.75. The normalized spacial score (nSPS) is 13.5. The Balaban J connectivity index is 1.83. The minimum atomic E-state index is -0.0641. The number of thioether (sulfide) groups is 1. The van der Waals surface area contributed by atoms with Gasteiger partial charge in [-0.2, -0.15) is 5.26 Å². The van der Waals surface area contributed by atoms with Gasteiger partial charge < -0.3 is 14.8 Å². The number of nitriles is 1. The molecule has 1 amide bonds. The Morgan fingerprint density at radius 2 is 2.17 bits per heavy atom. The molecule has 2 aromatic rings. The predicted octanol–water partition coefficient (Wildman–Crippen LogP) is 2.84. The van der Waals surface area contributed by atoms with Crippen LogP contribution in [0.25, 0.3) is 10.9 Å². The van der Waals surface area contributed by atoms with Gasteiger partial charge in [0.1, 0.15) is 11.1 Å². The van der Waals surface area contributed by atoms with Crippen molar-refractivity contribution in [1.82, 2.24) is 10.3 Å². The number of pyridine rings is 1. The van der Waals surface area contributed by atoms with Crippen molar-refractivity contribution < 1.29 is 14.3 Å². The number of carbonyl (C=O) groups is 1. The predicted molar refractivity (Wildman–Crippen MR) is 91.2 cm³/mol. The quantitative estimate of drug-likeness (QED) is 0.841. The molecule has 0 saturated carbocycles. The summed E-state index contributed by atoms with van der Waals surface area (Å²) in [4.78, 5) is 16.4. The van der Waals surface area contributed by atoms with Crippen LogP contribution < -0.4 is 14.8 Å². The van der Waals surface area contributed by atoms with Gasteiger partial charge in [-0.15, -0.1) is 0 Å². The van der Waals surface area contributed by atoms with E-state index in [2.05, 4.69) is 16.4 Å². The number of aromatic nitrogens is 1. The lowest BCUT2D eigenvalue weighted by molar-refractivity contribution is -0.119. The van der Waals surface area contributed by atoms with Gasteiger partial charge >= 0.3 is 0 Å². The molecule has 7 heteroatoms. The first-order valence-corrected chi connectivity index (χ1v) is 8.66. The van der Waals surface area contributed by atoms with E-state index in [9.17, 15) is 10.1 Å². The molecule has 1 aliphatic rings. The maximum atomic E-state index is 11.9. The summed E-state index contributed by atoms with van der Waals surface area (Å²) in [5, 5.41) is 13.6. The Kier molecular flexibility index (Phi) is 4.76. The average molecular weight is 343 g/mol. The highest BCUT2D eigenvalue weighted by Crippen LogP contribution is 2.36. The summed E-state index contributed by atoms with van der Waals surface area (Å²) < 4.78 is 10.7. The van der Waals surface area contributed by atoms with Crippen molar-refractivity contribution in [3.05, 3.63) is 23.8 Å². The molecule has 0 aliphatic carbocycles. The van der Waals surface area contributed by atoms with Crippen LogP contribution >= 0.6 is 11.8 Å². The van der Waals surface area contributed by atoms with Crippen molar-refractivity contribution in [2.45, 2.75) is 31.3 Å². The number of benzene rings is 1. The fourth-order valence-corrected chi connectivity index (χ4v) is 3.06. The van der Waals surface area contributed by atoms with Gasteiger partial charge in [0, 0.05) is 17.5 Å². The molecule has 1 aromatic carbocycles. The minimum Gasteiger partial charge on any atom is -0.454 e. The molecule has 1 N–H and O–H groups in total. The summed E-state index contributed by atoms with van der Waals surface area (Å²) >= 11 is 1.26. The maximum absolute atomic E-state index is 11.9. The number of nitrogens with zero attached hydrogens (tertiary/aromatic N) is 2. The van der Waals surface area contributed by atoms with Gasteiger partial charge in [-0.05, 0) is 25.5 Å². The second-order valence-corrected chi connectivity index (χ2v) is 6.48. The highest BCUT2D eigenvalue weighted by atomic mass is 32.2. The van der Waals surface area contributed by atoms with Crippen LogP contribution in [-0.4, -0.2) is 29.5 Å². The molecule has 0 fully saturated rings. The summed E-state index contributed by atoms with van der Waals surface area (Å²) in [6.07, 6.45) is 0.876. The van der Waals surface area contributed by atoms with Gasteiger partial charge in [0.2, 0.25) is 12.7 Å². The van der Waals surface area contributed by atoms with Gasteiger partial charge in [0.25, 0.3) is 0 Å². The van der Waals surface area contributed by atoms with Crippen LogP contribution in [0.4, 0.5) is 0 Å². The molecule has 0 spiro atoms. The number of rotatable bonds is 5. The number of carbonyl (C=O) groups excluding carboxylic acids is 1. The van der Waals surface area contributed by atoms with Crippen LogP contribution in [0.15, 0.2) is 23.2 Å². The smallest absolute Gasteiger partial charge is 0.231 e. The molecular formula is C17H17N3O3S. The standard InChI is InChI=1S/C17H17N3O3S/c1-3-10(2)19-16(21)8-24-17-12(7-18)4-11-5-14-15(23-9-22-14)6-13(11)20-17/h4-6,10H,3,8-9H2,1-2H3,(H,19,21). The summed E-state index contributed by atoms with van der Waals surface area (Å²) in [6, 6.07) is 7.65. The first kappa shape index (κ1) is 16.4. The highest BCUT2D eigenvalue weighted by Gasteiger charge is 2.17. The van der Waals surface area contributed by atoms with Crippen LogP contribution in [0.3, 0.4) is 0 Å². The molecular weight excluding hydrogens is 326 g/mol. The van der Waals surface area contributed by atoms with E-state index in [1.165, 1.54) is 11.8 Å². The van der Waals surface area contributed by atoms with Crippen LogP contribution in [0.2, 0.25) is 0 Å². The van der Waals surface area contributed by atoms with Gasteiger partial charge in [0.15, 0.2) is 11.5 Å². The van der Waals surface area contributed by atoms with Gasteiger partial charge in [-0.1, -0.05) is 18.7 Å². The first-order valence-electron chi connectivity index (χ1n) is 7.67. The molecule has 0 bridgehead atoms. The minimum absolute atomic E-state index is 0.0641. The molecule has 2 heterocycles. The fourth-order valence-electron chi connectivity index (χ4n) is 2.29. The molecule has 124 valence electrons. The zero-order valence-electron chi connectivity index (χ0n) is 13.5. The number of nitrogens with one attached hydrogen (secondary N) is 1. The average Bonchev–Trinajstić information content (AvgIpc) is 3.03. The first-order chi connectivity index (χ1) is 11.6. The molecule has 6 nitrogen and oxygen atoms in total. The summed E-state index contributed by atoms with van der Waals surface area (Å²) in [7, 11) is 0. The van der Waals surface area contributed by atoms with Crippen LogP contribution in [-0.2, 0) is 4.79 Å². The van der Waals surface area contributed by atoms with Crippen LogP contribution in [0.5, 0.6) is 11.5 Å². The summed E-state index contributed by atoms with van der Waals surface area (Å²) in [5.41, 5.74) is 1.16. The van der Waals surface area contributed by atoms with Crippen molar-refractivity contribution >= 4 is 28.6 Å². The molecule has 1 unspecified atom stereocenters. The second-order valence-electron chi connectivity index (χ2n) is 5.52. The van der Waals surface area contributed by atoms with E-state index in [-0.39, 0.29) is 24.5 Å². The van der Waals surface area contributed by atoms with Crippen molar-refractivity contribution in [2.24, 2.45) is 0 Å². The highest BCUT2D eigenvalue weighted by molar-refractivity contribution is 8.00. The Morgan fingerprint density at radius 1 is 1.42 bits per heavy atom. The van der Waals surface area contributed by atoms with E-state index in [1.807, 2.05) is 19.9 Å². The van der Waals surface area contributed by atoms with E-state index >= 15 is 0 Å². The molecule has 1 aliphatic heterocycles. The second kappa shape index (κ2) is 6.97. The topological polar surface area (TPSA) is 84.2 Å². The Morgan fingerprint density at radius 3 is 2.88 bits per heavy atom. The lowest BCUT2D eigenvalue weighted by Gasteiger charge is -2.11. The monoisotopic (exact) mass is 343 g/mol. The number of fused-ring (bicyclic) bond motifs is 2. The Bertz CT molecular complexity index is 832. The largest absolute Gasteiger partial charge is 0.454 e. The Hall–Kier alpha value is -2.46. The SMILES string of the molecule is CCC(C)NC(=O)CSc1nc2cc3c(cc2cc1C#N)OCO3. The van der Waals surface area contributed by atoms with Gasteiger partial charge in [-0.3, -0.25) is 4.79 Å².